The Balaban J connectivity index is 1.98. The van der Waals surface area contributed by atoms with Crippen molar-refractivity contribution in [2.45, 2.75) is 33.4 Å². The normalized spacial score (nSPS) is 12.8. The van der Waals surface area contributed by atoms with E-state index in [4.69, 9.17) is 0 Å². The molecule has 20 heavy (non-hydrogen) atoms. The topological polar surface area (TPSA) is 50.1 Å². The lowest BCUT2D eigenvalue weighted by Gasteiger charge is -2.14. The monoisotopic (exact) mass is 273 g/mol. The second kappa shape index (κ2) is 6.68. The number of rotatable bonds is 6. The SMILES string of the molecule is Cc1nn(-c2ccccc2)cc1CNCC(O)C(C)C. The Morgan fingerprint density at radius 1 is 1.25 bits per heavy atom. The van der Waals surface area contributed by atoms with Crippen LogP contribution in [0.2, 0.25) is 0 Å². The highest BCUT2D eigenvalue weighted by molar-refractivity contribution is 5.32. The Hall–Kier alpha value is -1.65. The average Bonchev–Trinajstić information content (AvgIpc) is 2.81. The number of nitrogens with one attached hydrogen (secondary N) is 1. The molecule has 4 nitrogen and oxygen atoms in total. The van der Waals surface area contributed by atoms with Gasteiger partial charge in [0, 0.05) is 24.8 Å². The third-order valence-corrected chi connectivity index (χ3v) is 3.46. The van der Waals surface area contributed by atoms with Crippen LogP contribution in [-0.4, -0.2) is 27.5 Å². The molecule has 1 aromatic heterocycles. The van der Waals surface area contributed by atoms with E-state index in [1.54, 1.807) is 0 Å². The van der Waals surface area contributed by atoms with Gasteiger partial charge >= 0.3 is 0 Å². The smallest absolute Gasteiger partial charge is 0.0687 e. The van der Waals surface area contributed by atoms with Gasteiger partial charge in [0.05, 0.1) is 17.5 Å². The summed E-state index contributed by atoms with van der Waals surface area (Å²) < 4.78 is 1.89. The number of nitrogens with zero attached hydrogens (tertiary/aromatic N) is 2. The molecule has 0 fully saturated rings. The Morgan fingerprint density at radius 3 is 2.60 bits per heavy atom. The number of aliphatic hydroxyl groups excluding tert-OH is 1. The third-order valence-electron chi connectivity index (χ3n) is 3.46. The van der Waals surface area contributed by atoms with E-state index in [-0.39, 0.29) is 12.0 Å². The van der Waals surface area contributed by atoms with Crippen LogP contribution in [0.5, 0.6) is 0 Å². The number of hydrogen-bond acceptors (Lipinski definition) is 3. The molecular weight excluding hydrogens is 250 g/mol. The summed E-state index contributed by atoms with van der Waals surface area (Å²) in [6, 6.07) is 10.1. The Morgan fingerprint density at radius 2 is 1.95 bits per heavy atom. The molecule has 1 aromatic carbocycles. The minimum atomic E-state index is -0.306. The molecule has 0 saturated carbocycles. The van der Waals surface area contributed by atoms with E-state index in [0.29, 0.717) is 6.54 Å². The molecule has 1 atom stereocenters. The van der Waals surface area contributed by atoms with Crippen LogP contribution in [0.4, 0.5) is 0 Å². The van der Waals surface area contributed by atoms with Crippen molar-refractivity contribution in [2.75, 3.05) is 6.54 Å². The molecule has 2 rings (SSSR count). The number of benzene rings is 1. The maximum absolute atomic E-state index is 9.77. The van der Waals surface area contributed by atoms with Gasteiger partial charge in [0.25, 0.3) is 0 Å². The van der Waals surface area contributed by atoms with Gasteiger partial charge < -0.3 is 10.4 Å². The fraction of sp³-hybridized carbons (Fsp3) is 0.438. The molecule has 2 N–H and O–H groups in total. The lowest BCUT2D eigenvalue weighted by Crippen LogP contribution is -2.30. The second-order valence-electron chi connectivity index (χ2n) is 5.46. The fourth-order valence-electron chi connectivity index (χ4n) is 1.97. The molecule has 108 valence electrons. The third kappa shape index (κ3) is 3.68. The molecule has 0 aliphatic carbocycles. The lowest BCUT2D eigenvalue weighted by atomic mass is 10.1. The summed E-state index contributed by atoms with van der Waals surface area (Å²) in [5.74, 6) is 0.274. The maximum Gasteiger partial charge on any atom is 0.0687 e. The molecule has 0 aliphatic heterocycles. The fourth-order valence-corrected chi connectivity index (χ4v) is 1.97. The van der Waals surface area contributed by atoms with Crippen molar-refractivity contribution in [1.29, 1.82) is 0 Å². The maximum atomic E-state index is 9.77. The van der Waals surface area contributed by atoms with Gasteiger partial charge in [-0.3, -0.25) is 0 Å². The summed E-state index contributed by atoms with van der Waals surface area (Å²) in [5, 5.41) is 17.6. The van der Waals surface area contributed by atoms with E-state index in [1.807, 2.05) is 62.0 Å². The number of hydrogen-bond donors (Lipinski definition) is 2. The number of aliphatic hydroxyl groups is 1. The minimum Gasteiger partial charge on any atom is -0.392 e. The van der Waals surface area contributed by atoms with Crippen LogP contribution >= 0.6 is 0 Å². The summed E-state index contributed by atoms with van der Waals surface area (Å²) in [6.45, 7) is 7.38. The van der Waals surface area contributed by atoms with Crippen LogP contribution in [0.15, 0.2) is 36.5 Å². The zero-order valence-corrected chi connectivity index (χ0v) is 12.4. The van der Waals surface area contributed by atoms with Gasteiger partial charge in [-0.15, -0.1) is 0 Å². The van der Waals surface area contributed by atoms with Gasteiger partial charge in [0.1, 0.15) is 0 Å². The van der Waals surface area contributed by atoms with E-state index in [1.165, 1.54) is 0 Å². The highest BCUT2D eigenvalue weighted by Gasteiger charge is 2.10. The molecule has 0 aliphatic rings. The lowest BCUT2D eigenvalue weighted by molar-refractivity contribution is 0.123. The molecule has 1 heterocycles. The Labute approximate surface area is 120 Å². The first-order valence-electron chi connectivity index (χ1n) is 7.07. The van der Waals surface area contributed by atoms with Crippen LogP contribution in [0, 0.1) is 12.8 Å². The van der Waals surface area contributed by atoms with E-state index in [9.17, 15) is 5.11 Å². The van der Waals surface area contributed by atoms with Gasteiger partial charge in [0.2, 0.25) is 0 Å². The van der Waals surface area contributed by atoms with Gasteiger partial charge in [0.15, 0.2) is 0 Å². The molecule has 4 heteroatoms. The van der Waals surface area contributed by atoms with Crippen molar-refractivity contribution in [3.63, 3.8) is 0 Å². The molecule has 1 unspecified atom stereocenters. The van der Waals surface area contributed by atoms with E-state index < -0.39 is 0 Å². The van der Waals surface area contributed by atoms with Crippen LogP contribution in [0.1, 0.15) is 25.1 Å². The van der Waals surface area contributed by atoms with E-state index in [2.05, 4.69) is 10.4 Å². The molecule has 0 radical (unpaired) electrons. The number of para-hydroxylation sites is 1. The average molecular weight is 273 g/mol. The minimum absolute atomic E-state index is 0.274. The van der Waals surface area contributed by atoms with Crippen LogP contribution in [0.25, 0.3) is 5.69 Å². The van der Waals surface area contributed by atoms with E-state index >= 15 is 0 Å². The molecule has 0 spiro atoms. The van der Waals surface area contributed by atoms with E-state index in [0.717, 1.165) is 23.5 Å². The molecule has 2 aromatic rings. The number of aromatic nitrogens is 2. The van der Waals surface area contributed by atoms with Crippen LogP contribution in [-0.2, 0) is 6.54 Å². The Bertz CT molecular complexity index is 534. The van der Waals surface area contributed by atoms with Gasteiger partial charge in [-0.05, 0) is 25.0 Å². The van der Waals surface area contributed by atoms with Crippen molar-refractivity contribution in [3.05, 3.63) is 47.8 Å². The first-order chi connectivity index (χ1) is 9.58. The molecule has 0 amide bonds. The summed E-state index contributed by atoms with van der Waals surface area (Å²) in [4.78, 5) is 0. The van der Waals surface area contributed by atoms with Crippen molar-refractivity contribution < 1.29 is 5.11 Å². The predicted molar refractivity (Wildman–Crippen MR) is 80.9 cm³/mol. The van der Waals surface area contributed by atoms with Crippen LogP contribution in [0.3, 0.4) is 0 Å². The summed E-state index contributed by atoms with van der Waals surface area (Å²) in [6.07, 6.45) is 1.74. The van der Waals surface area contributed by atoms with Crippen molar-refractivity contribution in [2.24, 2.45) is 5.92 Å². The summed E-state index contributed by atoms with van der Waals surface area (Å²) in [5.41, 5.74) is 3.23. The highest BCUT2D eigenvalue weighted by Crippen LogP contribution is 2.11. The summed E-state index contributed by atoms with van der Waals surface area (Å²) in [7, 11) is 0. The quantitative estimate of drug-likeness (QED) is 0.849. The van der Waals surface area contributed by atoms with Gasteiger partial charge in [-0.2, -0.15) is 5.10 Å². The Kier molecular flexibility index (Phi) is 4.93. The van der Waals surface area contributed by atoms with Crippen LogP contribution < -0.4 is 5.32 Å². The molecule has 0 saturated heterocycles. The van der Waals surface area contributed by atoms with Crippen molar-refractivity contribution in [1.82, 2.24) is 15.1 Å². The standard InChI is InChI=1S/C16H23N3O/c1-12(2)16(20)10-17-9-14-11-19(18-13(14)3)15-7-5-4-6-8-15/h4-8,11-12,16-17,20H,9-10H2,1-3H3. The largest absolute Gasteiger partial charge is 0.392 e. The highest BCUT2D eigenvalue weighted by atomic mass is 16.3. The summed E-state index contributed by atoms with van der Waals surface area (Å²) >= 11 is 0. The first kappa shape index (κ1) is 14.8. The van der Waals surface area contributed by atoms with Crippen molar-refractivity contribution >= 4 is 0 Å². The zero-order valence-electron chi connectivity index (χ0n) is 12.4. The predicted octanol–water partition coefficient (Wildman–Crippen LogP) is 2.29. The molecular formula is C16H23N3O. The zero-order chi connectivity index (χ0) is 14.5. The van der Waals surface area contributed by atoms with Crippen molar-refractivity contribution in [3.8, 4) is 5.69 Å². The van der Waals surface area contributed by atoms with Gasteiger partial charge in [-0.25, -0.2) is 4.68 Å². The first-order valence-corrected chi connectivity index (χ1v) is 7.07. The molecule has 0 bridgehead atoms. The van der Waals surface area contributed by atoms with Gasteiger partial charge in [-0.1, -0.05) is 32.0 Å². The second-order valence-corrected chi connectivity index (χ2v) is 5.46. The number of aryl methyl sites for hydroxylation is 1.